The summed E-state index contributed by atoms with van der Waals surface area (Å²) in [6, 6.07) is 21.2. The number of hydrogen-bond donors (Lipinski definition) is 2. The lowest BCUT2D eigenvalue weighted by atomic mass is 10.2. The summed E-state index contributed by atoms with van der Waals surface area (Å²) in [6.45, 7) is 2.08. The van der Waals surface area contributed by atoms with Crippen molar-refractivity contribution in [3.63, 3.8) is 0 Å². The first kappa shape index (κ1) is 19.7. The highest BCUT2D eigenvalue weighted by molar-refractivity contribution is 9.10. The van der Waals surface area contributed by atoms with Crippen LogP contribution in [0.15, 0.2) is 71.2 Å². The molecule has 1 heterocycles. The molecule has 0 aliphatic heterocycles. The summed E-state index contributed by atoms with van der Waals surface area (Å²) in [5, 5.41) is 6.96. The number of aromatic nitrogens is 1. The van der Waals surface area contributed by atoms with E-state index in [0.717, 1.165) is 26.2 Å². The molecule has 7 heteroatoms. The average Bonchev–Trinajstić information content (AvgIpc) is 3.11. The minimum absolute atomic E-state index is 0.248. The largest absolute Gasteiger partial charge is 0.332 e. The van der Waals surface area contributed by atoms with E-state index in [9.17, 15) is 4.79 Å². The third-order valence-corrected chi connectivity index (χ3v) is 6.01. The van der Waals surface area contributed by atoms with Crippen LogP contribution in [0.25, 0.3) is 20.8 Å². The highest BCUT2D eigenvalue weighted by atomic mass is 79.9. The molecule has 1 amide bonds. The van der Waals surface area contributed by atoms with Gasteiger partial charge in [-0.25, -0.2) is 4.98 Å². The van der Waals surface area contributed by atoms with Crippen LogP contribution in [0.2, 0.25) is 0 Å². The Balaban J connectivity index is 1.43. The molecule has 4 aromatic rings. The van der Waals surface area contributed by atoms with Crippen LogP contribution in [0.1, 0.15) is 15.9 Å². The summed E-state index contributed by atoms with van der Waals surface area (Å²) in [7, 11) is 0. The Morgan fingerprint density at radius 1 is 1.07 bits per heavy atom. The second kappa shape index (κ2) is 8.41. The molecule has 4 nitrogen and oxygen atoms in total. The van der Waals surface area contributed by atoms with Crippen LogP contribution in [-0.2, 0) is 0 Å². The van der Waals surface area contributed by atoms with Gasteiger partial charge in [0.25, 0.3) is 5.91 Å². The van der Waals surface area contributed by atoms with Gasteiger partial charge >= 0.3 is 0 Å². The number of rotatable bonds is 3. The lowest BCUT2D eigenvalue weighted by Gasteiger charge is -2.10. The monoisotopic (exact) mass is 481 g/mol. The molecular weight excluding hydrogens is 466 g/mol. The van der Waals surface area contributed by atoms with Crippen molar-refractivity contribution in [1.29, 1.82) is 0 Å². The number of nitrogens with zero attached hydrogens (tertiary/aromatic N) is 1. The second-order valence-corrected chi connectivity index (χ2v) is 8.84. The number of thiocarbonyl (C=S) groups is 1. The highest BCUT2D eigenvalue weighted by Gasteiger charge is 2.09. The van der Waals surface area contributed by atoms with Crippen molar-refractivity contribution < 1.29 is 4.79 Å². The van der Waals surface area contributed by atoms with Crippen LogP contribution in [0.4, 0.5) is 5.69 Å². The third kappa shape index (κ3) is 4.70. The van der Waals surface area contributed by atoms with Gasteiger partial charge < -0.3 is 5.32 Å². The Hall–Kier alpha value is -2.61. The van der Waals surface area contributed by atoms with Crippen molar-refractivity contribution in [2.24, 2.45) is 0 Å². The molecule has 2 N–H and O–H groups in total. The predicted molar refractivity (Wildman–Crippen MR) is 128 cm³/mol. The lowest BCUT2D eigenvalue weighted by molar-refractivity contribution is 0.0977. The summed E-state index contributed by atoms with van der Waals surface area (Å²) >= 11 is 10.3. The maximum absolute atomic E-state index is 12.3. The molecule has 0 saturated heterocycles. The fourth-order valence-electron chi connectivity index (χ4n) is 2.82. The first-order chi connectivity index (χ1) is 14.0. The molecule has 0 saturated carbocycles. The van der Waals surface area contributed by atoms with E-state index in [1.807, 2.05) is 36.4 Å². The van der Waals surface area contributed by atoms with E-state index in [0.29, 0.717) is 5.56 Å². The molecule has 3 aromatic carbocycles. The Morgan fingerprint density at radius 2 is 1.86 bits per heavy atom. The minimum Gasteiger partial charge on any atom is -0.332 e. The molecule has 0 spiro atoms. The van der Waals surface area contributed by atoms with Crippen LogP contribution in [-0.4, -0.2) is 16.0 Å². The summed E-state index contributed by atoms with van der Waals surface area (Å²) in [5.74, 6) is -0.259. The summed E-state index contributed by atoms with van der Waals surface area (Å²) in [4.78, 5) is 17.0. The fourth-order valence-corrected chi connectivity index (χ4v) is 4.50. The predicted octanol–water partition coefficient (Wildman–Crippen LogP) is 6.16. The Morgan fingerprint density at radius 3 is 2.62 bits per heavy atom. The first-order valence-corrected chi connectivity index (χ1v) is 10.9. The van der Waals surface area contributed by atoms with Gasteiger partial charge in [0.15, 0.2) is 5.11 Å². The molecular formula is C22H16BrN3OS2. The van der Waals surface area contributed by atoms with Crippen molar-refractivity contribution in [3.8, 4) is 10.6 Å². The first-order valence-electron chi connectivity index (χ1n) is 8.83. The van der Waals surface area contributed by atoms with E-state index in [-0.39, 0.29) is 11.0 Å². The van der Waals surface area contributed by atoms with E-state index in [1.165, 1.54) is 10.3 Å². The van der Waals surface area contributed by atoms with Crippen LogP contribution >= 0.6 is 39.5 Å². The van der Waals surface area contributed by atoms with Crippen LogP contribution in [0.3, 0.4) is 0 Å². The van der Waals surface area contributed by atoms with Crippen LogP contribution in [0.5, 0.6) is 0 Å². The van der Waals surface area contributed by atoms with Crippen molar-refractivity contribution in [2.75, 3.05) is 5.32 Å². The number of thiazole rings is 1. The number of nitrogens with one attached hydrogen (secondary N) is 2. The van der Waals surface area contributed by atoms with Gasteiger partial charge in [-0.2, -0.15) is 0 Å². The normalized spacial score (nSPS) is 10.7. The molecule has 0 aliphatic carbocycles. The number of fused-ring (bicyclic) bond motifs is 1. The second-order valence-electron chi connectivity index (χ2n) is 6.49. The average molecular weight is 482 g/mol. The maximum atomic E-state index is 12.3. The summed E-state index contributed by atoms with van der Waals surface area (Å²) < 4.78 is 2.02. The molecule has 0 aliphatic rings. The molecule has 0 unspecified atom stereocenters. The van der Waals surface area contributed by atoms with E-state index in [4.69, 9.17) is 17.2 Å². The van der Waals surface area contributed by atoms with Gasteiger partial charge in [0.1, 0.15) is 5.01 Å². The zero-order valence-electron chi connectivity index (χ0n) is 15.4. The number of anilines is 1. The van der Waals surface area contributed by atoms with Gasteiger partial charge in [0.05, 0.1) is 10.2 Å². The number of halogens is 1. The van der Waals surface area contributed by atoms with Crippen molar-refractivity contribution in [1.82, 2.24) is 10.3 Å². The smallest absolute Gasteiger partial charge is 0.257 e. The SMILES string of the molecule is Cc1ccc2nc(-c3ccc(NC(=S)NC(=O)c4cccc(Br)c4)cc3)sc2c1. The quantitative estimate of drug-likeness (QED) is 0.344. The van der Waals surface area contributed by atoms with Crippen LogP contribution < -0.4 is 10.6 Å². The highest BCUT2D eigenvalue weighted by Crippen LogP contribution is 2.31. The van der Waals surface area contributed by atoms with Gasteiger partial charge in [-0.05, 0) is 79.3 Å². The van der Waals surface area contributed by atoms with Crippen LogP contribution in [0, 0.1) is 6.92 Å². The zero-order chi connectivity index (χ0) is 20.4. The molecule has 1 aromatic heterocycles. The number of hydrogen-bond acceptors (Lipinski definition) is 4. The zero-order valence-corrected chi connectivity index (χ0v) is 18.6. The minimum atomic E-state index is -0.259. The number of carbonyl (C=O) groups excluding carboxylic acids is 1. The molecule has 0 radical (unpaired) electrons. The molecule has 0 bridgehead atoms. The standard InChI is InChI=1S/C22H16BrN3OS2/c1-13-5-10-18-19(11-13)29-21(25-18)14-6-8-17(9-7-14)24-22(28)26-20(27)15-3-2-4-16(23)12-15/h2-12H,1H3,(H2,24,26,27,28). The van der Waals surface area contributed by atoms with E-state index >= 15 is 0 Å². The molecule has 29 heavy (non-hydrogen) atoms. The van der Waals surface area contributed by atoms with Gasteiger partial charge in [0.2, 0.25) is 0 Å². The number of aryl methyl sites for hydroxylation is 1. The van der Waals surface area contributed by atoms with E-state index in [1.54, 1.807) is 29.5 Å². The Kier molecular flexibility index (Phi) is 5.71. The van der Waals surface area contributed by atoms with Crippen molar-refractivity contribution >= 4 is 66.4 Å². The third-order valence-electron chi connectivity index (χ3n) is 4.25. The molecule has 0 atom stereocenters. The number of amides is 1. The fraction of sp³-hybridized carbons (Fsp3) is 0.0455. The van der Waals surface area contributed by atoms with E-state index < -0.39 is 0 Å². The van der Waals surface area contributed by atoms with Gasteiger partial charge in [-0.3, -0.25) is 10.1 Å². The Labute approximate surface area is 186 Å². The van der Waals surface area contributed by atoms with Gasteiger partial charge in [0, 0.05) is 21.3 Å². The number of benzene rings is 3. The Bertz CT molecular complexity index is 1220. The molecule has 144 valence electrons. The van der Waals surface area contributed by atoms with Crippen molar-refractivity contribution in [3.05, 3.63) is 82.3 Å². The molecule has 0 fully saturated rings. The van der Waals surface area contributed by atoms with E-state index in [2.05, 4.69) is 45.6 Å². The van der Waals surface area contributed by atoms with Crippen molar-refractivity contribution in [2.45, 2.75) is 6.92 Å². The summed E-state index contributed by atoms with van der Waals surface area (Å²) in [5.41, 5.74) is 4.61. The van der Waals surface area contributed by atoms with Gasteiger partial charge in [-0.1, -0.05) is 28.1 Å². The van der Waals surface area contributed by atoms with Gasteiger partial charge in [-0.15, -0.1) is 11.3 Å². The molecule has 4 rings (SSSR count). The summed E-state index contributed by atoms with van der Waals surface area (Å²) in [6.07, 6.45) is 0. The topological polar surface area (TPSA) is 54.0 Å². The maximum Gasteiger partial charge on any atom is 0.257 e. The number of carbonyl (C=O) groups is 1. The lowest BCUT2D eigenvalue weighted by Crippen LogP contribution is -2.34.